The van der Waals surface area contributed by atoms with Crippen molar-refractivity contribution < 1.29 is 14.3 Å². The van der Waals surface area contributed by atoms with Crippen molar-refractivity contribution in [3.05, 3.63) is 77.6 Å². The van der Waals surface area contributed by atoms with Gasteiger partial charge in [0.1, 0.15) is 5.82 Å². The van der Waals surface area contributed by atoms with Gasteiger partial charge in [-0.15, -0.1) is 0 Å². The van der Waals surface area contributed by atoms with Crippen LogP contribution in [0.4, 0.5) is 10.2 Å². The highest BCUT2D eigenvalue weighted by molar-refractivity contribution is 5.92. The fourth-order valence-corrected chi connectivity index (χ4v) is 4.06. The topological polar surface area (TPSA) is 75.1 Å². The summed E-state index contributed by atoms with van der Waals surface area (Å²) in [6, 6.07) is 6.18. The van der Waals surface area contributed by atoms with Gasteiger partial charge in [0.2, 0.25) is 5.91 Å². The summed E-state index contributed by atoms with van der Waals surface area (Å²) in [6.07, 6.45) is 14.8. The molecule has 0 saturated heterocycles. The van der Waals surface area contributed by atoms with Crippen LogP contribution in [0.3, 0.4) is 0 Å². The molecule has 2 N–H and O–H groups in total. The average molecular weight is 450 g/mol. The lowest BCUT2D eigenvalue weighted by molar-refractivity contribution is -0.115. The predicted octanol–water partition coefficient (Wildman–Crippen LogP) is 6.70. The van der Waals surface area contributed by atoms with E-state index in [0.717, 1.165) is 36.1 Å². The molecule has 0 unspecified atom stereocenters. The second-order valence-electron chi connectivity index (χ2n) is 8.14. The van der Waals surface area contributed by atoms with Crippen LogP contribution in [-0.4, -0.2) is 21.0 Å². The van der Waals surface area contributed by atoms with Crippen molar-refractivity contribution in [1.29, 1.82) is 0 Å². The average Bonchev–Trinajstić information content (AvgIpc) is 3.25. The van der Waals surface area contributed by atoms with Gasteiger partial charge in [-0.3, -0.25) is 4.79 Å². The van der Waals surface area contributed by atoms with Crippen LogP contribution < -0.4 is 5.32 Å². The van der Waals surface area contributed by atoms with E-state index in [1.54, 1.807) is 30.5 Å². The van der Waals surface area contributed by atoms with Crippen molar-refractivity contribution in [2.75, 3.05) is 5.32 Å². The molecule has 0 radical (unpaired) electrons. The van der Waals surface area contributed by atoms with E-state index < -0.39 is 0 Å². The minimum Gasteiger partial charge on any atom is -0.512 e. The molecule has 174 valence electrons. The van der Waals surface area contributed by atoms with Crippen molar-refractivity contribution in [2.45, 2.75) is 58.8 Å². The molecule has 2 aliphatic rings. The number of anilines is 1. The number of hydrogen-bond donors (Lipinski definition) is 2. The quantitative estimate of drug-likeness (QED) is 0.515. The van der Waals surface area contributed by atoms with Crippen LogP contribution >= 0.6 is 0 Å². The molecule has 1 amide bonds. The molecule has 6 heteroatoms. The molecule has 0 aliphatic heterocycles. The van der Waals surface area contributed by atoms with Crippen molar-refractivity contribution >= 4 is 11.7 Å². The summed E-state index contributed by atoms with van der Waals surface area (Å²) in [4.78, 5) is 22.0. The van der Waals surface area contributed by atoms with Gasteiger partial charge >= 0.3 is 0 Å². The second kappa shape index (κ2) is 12.1. The molecule has 2 aliphatic carbocycles. The van der Waals surface area contributed by atoms with Gasteiger partial charge in [-0.2, -0.15) is 0 Å². The van der Waals surface area contributed by atoms with Crippen LogP contribution in [0.25, 0.3) is 11.3 Å². The van der Waals surface area contributed by atoms with Crippen molar-refractivity contribution in [3.63, 3.8) is 0 Å². The summed E-state index contributed by atoms with van der Waals surface area (Å²) in [5, 5.41) is 12.5. The van der Waals surface area contributed by atoms with E-state index in [0.29, 0.717) is 23.9 Å². The number of carbonyl (C=O) groups is 1. The molecule has 1 heterocycles. The number of rotatable bonds is 6. The Hall–Kier alpha value is -3.28. The first-order valence-electron chi connectivity index (χ1n) is 11.7. The van der Waals surface area contributed by atoms with Gasteiger partial charge in [-0.1, -0.05) is 57.8 Å². The fraction of sp³-hybridized carbons (Fsp3) is 0.370. The number of amides is 1. The SMILES string of the molecule is CC.O=C(CC1=CC=C(O)CC=C1)Nc1ncc(-c2ccc(F)cc2)nc1CC1CCCC1. The number of halogens is 1. The molecule has 5 nitrogen and oxygen atoms in total. The van der Waals surface area contributed by atoms with Crippen molar-refractivity contribution in [2.24, 2.45) is 5.92 Å². The van der Waals surface area contributed by atoms with Crippen molar-refractivity contribution in [1.82, 2.24) is 9.97 Å². The maximum atomic E-state index is 13.3. The third-order valence-electron chi connectivity index (χ3n) is 5.71. The van der Waals surface area contributed by atoms with Crippen molar-refractivity contribution in [3.8, 4) is 11.3 Å². The first-order valence-corrected chi connectivity index (χ1v) is 11.7. The Kier molecular flexibility index (Phi) is 8.93. The first-order chi connectivity index (χ1) is 16.1. The largest absolute Gasteiger partial charge is 0.512 e. The molecule has 4 rings (SSSR count). The zero-order valence-corrected chi connectivity index (χ0v) is 19.4. The molecule has 1 saturated carbocycles. The van der Waals surface area contributed by atoms with E-state index in [4.69, 9.17) is 4.98 Å². The van der Waals surface area contributed by atoms with E-state index in [1.807, 2.05) is 26.0 Å². The van der Waals surface area contributed by atoms with E-state index in [-0.39, 0.29) is 23.9 Å². The number of benzene rings is 1. The Bertz CT molecular complexity index is 1040. The van der Waals surface area contributed by atoms with Gasteiger partial charge in [0.05, 0.1) is 29.8 Å². The third kappa shape index (κ3) is 7.11. The van der Waals surface area contributed by atoms with Gasteiger partial charge in [0.15, 0.2) is 5.82 Å². The highest BCUT2D eigenvalue weighted by Crippen LogP contribution is 2.30. The molecular weight excluding hydrogens is 417 g/mol. The molecule has 1 aromatic heterocycles. The van der Waals surface area contributed by atoms with Gasteiger partial charge < -0.3 is 10.4 Å². The van der Waals surface area contributed by atoms with E-state index in [9.17, 15) is 14.3 Å². The van der Waals surface area contributed by atoms with Crippen LogP contribution in [0.1, 0.15) is 58.1 Å². The Morgan fingerprint density at radius 3 is 2.61 bits per heavy atom. The lowest BCUT2D eigenvalue weighted by atomic mass is 10.0. The second-order valence-corrected chi connectivity index (χ2v) is 8.14. The number of nitrogens with zero attached hydrogens (tertiary/aromatic N) is 2. The lowest BCUT2D eigenvalue weighted by Crippen LogP contribution is -2.16. The minimum absolute atomic E-state index is 0.179. The molecule has 1 aromatic carbocycles. The smallest absolute Gasteiger partial charge is 0.229 e. The zero-order chi connectivity index (χ0) is 23.6. The number of hydrogen-bond acceptors (Lipinski definition) is 4. The van der Waals surface area contributed by atoms with Gasteiger partial charge in [-0.25, -0.2) is 14.4 Å². The Morgan fingerprint density at radius 2 is 1.88 bits per heavy atom. The molecule has 0 atom stereocenters. The standard InChI is InChI=1S/C25H26FN3O2.C2H6/c26-20-11-9-19(10-12-20)23-16-27-25(22(28-23)14-17-4-1-2-5-17)29-24(31)15-18-6-3-7-21(30)13-8-18;1-2/h3,6,8-13,16-17,30H,1-2,4-5,7,14-15H2,(H,27,29,31);1-2H3. The summed E-state index contributed by atoms with van der Waals surface area (Å²) < 4.78 is 13.3. The summed E-state index contributed by atoms with van der Waals surface area (Å²) in [5.74, 6) is 0.820. The fourth-order valence-electron chi connectivity index (χ4n) is 4.06. The molecule has 0 bridgehead atoms. The van der Waals surface area contributed by atoms with Crippen LogP contribution in [0.2, 0.25) is 0 Å². The summed E-state index contributed by atoms with van der Waals surface area (Å²) >= 11 is 0. The minimum atomic E-state index is -0.295. The number of aliphatic hydroxyl groups excluding tert-OH is 1. The van der Waals surface area contributed by atoms with Crippen LogP contribution in [-0.2, 0) is 11.2 Å². The number of aromatic nitrogens is 2. The third-order valence-corrected chi connectivity index (χ3v) is 5.71. The Labute approximate surface area is 195 Å². The van der Waals surface area contributed by atoms with E-state index in [2.05, 4.69) is 10.3 Å². The lowest BCUT2D eigenvalue weighted by Gasteiger charge is -2.14. The monoisotopic (exact) mass is 449 g/mol. The Balaban J connectivity index is 0.00000149. The van der Waals surface area contributed by atoms with Gasteiger partial charge in [0, 0.05) is 12.0 Å². The number of allylic oxidation sites excluding steroid dienone is 4. The predicted molar refractivity (Wildman–Crippen MR) is 130 cm³/mol. The highest BCUT2D eigenvalue weighted by atomic mass is 19.1. The Morgan fingerprint density at radius 1 is 1.15 bits per heavy atom. The zero-order valence-electron chi connectivity index (χ0n) is 19.4. The van der Waals surface area contributed by atoms with E-state index in [1.165, 1.54) is 25.0 Å². The van der Waals surface area contributed by atoms with E-state index >= 15 is 0 Å². The maximum absolute atomic E-state index is 13.3. The van der Waals surface area contributed by atoms with Gasteiger partial charge in [0.25, 0.3) is 0 Å². The molecule has 1 fully saturated rings. The summed E-state index contributed by atoms with van der Waals surface area (Å²) in [6.45, 7) is 4.00. The maximum Gasteiger partial charge on any atom is 0.229 e. The van der Waals surface area contributed by atoms with Crippen LogP contribution in [0.5, 0.6) is 0 Å². The van der Waals surface area contributed by atoms with Gasteiger partial charge in [-0.05, 0) is 48.3 Å². The summed E-state index contributed by atoms with van der Waals surface area (Å²) in [7, 11) is 0. The number of carbonyl (C=O) groups excluding carboxylic acids is 1. The van der Waals surface area contributed by atoms with Crippen LogP contribution in [0, 0.1) is 11.7 Å². The molecular formula is C27H32FN3O2. The number of nitrogens with one attached hydrogen (secondary N) is 1. The summed E-state index contributed by atoms with van der Waals surface area (Å²) in [5.41, 5.74) is 3.04. The molecule has 2 aromatic rings. The first kappa shape index (κ1) is 24.4. The highest BCUT2D eigenvalue weighted by Gasteiger charge is 2.20. The number of aliphatic hydroxyl groups is 1. The molecule has 0 spiro atoms. The van der Waals surface area contributed by atoms with Crippen LogP contribution in [0.15, 0.2) is 66.1 Å². The molecule has 33 heavy (non-hydrogen) atoms. The normalized spacial score (nSPS) is 15.7.